The Kier molecular flexibility index (Phi) is 3.59. The third-order valence-corrected chi connectivity index (χ3v) is 4.07. The molecule has 0 bridgehead atoms. The molecule has 1 aliphatic rings. The van der Waals surface area contributed by atoms with E-state index >= 15 is 0 Å². The van der Waals surface area contributed by atoms with Gasteiger partial charge < -0.3 is 4.74 Å². The van der Waals surface area contributed by atoms with Crippen LogP contribution in [-0.4, -0.2) is 20.1 Å². The number of benzene rings is 1. The minimum absolute atomic E-state index is 0.0245. The third-order valence-electron chi connectivity index (χ3n) is 2.57. The normalized spacial score (nSPS) is 17.6. The molecule has 1 aromatic rings. The van der Waals surface area contributed by atoms with E-state index in [1.165, 1.54) is 19.1 Å². The van der Waals surface area contributed by atoms with Gasteiger partial charge in [0.1, 0.15) is 17.4 Å². The number of sulfone groups is 1. The van der Waals surface area contributed by atoms with Gasteiger partial charge in [0.05, 0.1) is 16.7 Å². The van der Waals surface area contributed by atoms with Gasteiger partial charge in [0.25, 0.3) is 0 Å². The van der Waals surface area contributed by atoms with E-state index in [4.69, 9.17) is 4.74 Å². The molecule has 20 heavy (non-hydrogen) atoms. The van der Waals surface area contributed by atoms with Gasteiger partial charge >= 0.3 is 6.18 Å². The van der Waals surface area contributed by atoms with Gasteiger partial charge in [-0.1, -0.05) is 0 Å². The maximum Gasteiger partial charge on any atom is 0.416 e. The number of halogens is 3. The maximum absolute atomic E-state index is 12.3. The largest absolute Gasteiger partial charge is 0.487 e. The molecule has 0 aliphatic carbocycles. The number of rotatable bonds is 3. The molecule has 0 saturated heterocycles. The lowest BCUT2D eigenvalue weighted by Gasteiger charge is -2.08. The van der Waals surface area contributed by atoms with E-state index in [-0.39, 0.29) is 23.1 Å². The second-order valence-electron chi connectivity index (χ2n) is 4.10. The number of hydrogen-bond donors (Lipinski definition) is 0. The van der Waals surface area contributed by atoms with Crippen LogP contribution in [0.5, 0.6) is 5.75 Å². The summed E-state index contributed by atoms with van der Waals surface area (Å²) in [5.41, 5.74) is -0.566. The fraction of sp³-hybridized carbons (Fsp3) is 0.250. The predicted molar refractivity (Wildman–Crippen MR) is 67.1 cm³/mol. The first-order chi connectivity index (χ1) is 9.18. The van der Waals surface area contributed by atoms with Crippen LogP contribution in [0.15, 0.2) is 40.4 Å². The average molecular weight is 305 g/mol. The lowest BCUT2D eigenvalue weighted by molar-refractivity contribution is -0.137. The van der Waals surface area contributed by atoms with Gasteiger partial charge in [0, 0.05) is 0 Å². The van der Waals surface area contributed by atoms with Crippen LogP contribution in [0.2, 0.25) is 0 Å². The third kappa shape index (κ3) is 3.19. The first-order valence-corrected chi connectivity index (χ1v) is 7.04. The van der Waals surface area contributed by atoms with E-state index in [1.54, 1.807) is 0 Å². The van der Waals surface area contributed by atoms with Gasteiger partial charge in [0.2, 0.25) is 9.84 Å². The predicted octanol–water partition coefficient (Wildman–Crippen LogP) is 2.77. The van der Waals surface area contributed by atoms with E-state index < -0.39 is 21.6 Å². The Morgan fingerprint density at radius 2 is 1.80 bits per heavy atom. The maximum atomic E-state index is 12.3. The highest BCUT2D eigenvalue weighted by Crippen LogP contribution is 2.30. The summed E-state index contributed by atoms with van der Waals surface area (Å²) >= 11 is 0. The zero-order valence-corrected chi connectivity index (χ0v) is 11.1. The Bertz CT molecular complexity index is 673. The molecule has 0 unspecified atom stereocenters. The van der Waals surface area contributed by atoms with Crippen LogP contribution in [0.3, 0.4) is 0 Å². The van der Waals surface area contributed by atoms with Crippen molar-refractivity contribution in [1.82, 2.24) is 0 Å². The highest BCUT2D eigenvalue weighted by Gasteiger charge is 2.30. The summed E-state index contributed by atoms with van der Waals surface area (Å²) < 4.78 is 64.9. The first kappa shape index (κ1) is 14.6. The van der Waals surface area contributed by atoms with Gasteiger partial charge in [-0.05, 0) is 31.2 Å². The number of aliphatic imine (C=N–C) groups is 1. The minimum Gasteiger partial charge on any atom is -0.487 e. The quantitative estimate of drug-likeness (QED) is 0.863. The van der Waals surface area contributed by atoms with Crippen LogP contribution in [0.25, 0.3) is 0 Å². The molecule has 8 heteroatoms. The van der Waals surface area contributed by atoms with E-state index in [9.17, 15) is 21.6 Å². The zero-order valence-electron chi connectivity index (χ0n) is 10.3. The number of ether oxygens (including phenoxy) is 1. The standard InChI is InChI=1S/C12H10F3NO3S/c1-8-16-10(7-20(8,17)18)6-19-11-4-2-9(3-5-11)12(13,14)15/h2-5,7H,6H2,1H3. The van der Waals surface area contributed by atoms with E-state index in [0.717, 1.165) is 17.5 Å². The summed E-state index contributed by atoms with van der Waals surface area (Å²) in [5.74, 6) is 0.205. The van der Waals surface area contributed by atoms with Crippen LogP contribution in [0.1, 0.15) is 12.5 Å². The molecule has 0 saturated carbocycles. The van der Waals surface area contributed by atoms with Crippen LogP contribution in [0.4, 0.5) is 13.2 Å². The molecular weight excluding hydrogens is 295 g/mol. The summed E-state index contributed by atoms with van der Waals surface area (Å²) in [6.07, 6.45) is -4.40. The molecule has 1 aliphatic heterocycles. The Morgan fingerprint density at radius 3 is 2.25 bits per heavy atom. The molecule has 0 N–H and O–H groups in total. The fourth-order valence-electron chi connectivity index (χ4n) is 1.52. The number of nitrogens with zero attached hydrogens (tertiary/aromatic N) is 1. The zero-order chi connectivity index (χ0) is 15.0. The topological polar surface area (TPSA) is 55.7 Å². The van der Waals surface area contributed by atoms with Gasteiger partial charge in [-0.3, -0.25) is 0 Å². The smallest absolute Gasteiger partial charge is 0.416 e. The molecule has 4 nitrogen and oxygen atoms in total. The Labute approximate surface area is 113 Å². The van der Waals surface area contributed by atoms with Crippen molar-refractivity contribution in [1.29, 1.82) is 0 Å². The Balaban J connectivity index is 2.03. The summed E-state index contributed by atoms with van der Waals surface area (Å²) in [4.78, 5) is 3.80. The van der Waals surface area contributed by atoms with Gasteiger partial charge in [0.15, 0.2) is 0 Å². The van der Waals surface area contributed by atoms with Crippen molar-refractivity contribution in [2.75, 3.05) is 6.61 Å². The second-order valence-corrected chi connectivity index (χ2v) is 6.01. The highest BCUT2D eigenvalue weighted by atomic mass is 32.2. The molecular formula is C12H10F3NO3S. The lowest BCUT2D eigenvalue weighted by atomic mass is 10.2. The van der Waals surface area contributed by atoms with Crippen LogP contribution in [0, 0.1) is 0 Å². The first-order valence-electron chi connectivity index (χ1n) is 5.49. The van der Waals surface area contributed by atoms with Crippen molar-refractivity contribution in [3.05, 3.63) is 40.9 Å². The molecule has 0 atom stereocenters. The SMILES string of the molecule is CC1=NC(COc2ccc(C(F)(F)F)cc2)=CS1(=O)=O. The van der Waals surface area contributed by atoms with Gasteiger partial charge in [-0.15, -0.1) is 0 Å². The molecule has 2 rings (SSSR count). The molecule has 1 aromatic carbocycles. The number of hydrogen-bond acceptors (Lipinski definition) is 4. The molecule has 0 amide bonds. The lowest BCUT2D eigenvalue weighted by Crippen LogP contribution is -2.05. The van der Waals surface area contributed by atoms with Crippen molar-refractivity contribution in [3.8, 4) is 5.75 Å². The fourth-order valence-corrected chi connectivity index (χ4v) is 2.41. The van der Waals surface area contributed by atoms with E-state index in [1.807, 2.05) is 0 Å². The van der Waals surface area contributed by atoms with Gasteiger partial charge in [-0.2, -0.15) is 13.2 Å². The van der Waals surface area contributed by atoms with Crippen molar-refractivity contribution < 1.29 is 26.3 Å². The van der Waals surface area contributed by atoms with Crippen LogP contribution < -0.4 is 4.74 Å². The Hall–Kier alpha value is -1.83. The molecule has 0 spiro atoms. The molecule has 0 radical (unpaired) electrons. The second kappa shape index (κ2) is 4.93. The van der Waals surface area contributed by atoms with E-state index in [0.29, 0.717) is 0 Å². The van der Waals surface area contributed by atoms with Crippen molar-refractivity contribution >= 4 is 14.9 Å². The average Bonchev–Trinajstić information content (AvgIpc) is 2.60. The molecule has 0 fully saturated rings. The highest BCUT2D eigenvalue weighted by molar-refractivity contribution is 8.09. The Morgan fingerprint density at radius 1 is 1.20 bits per heavy atom. The minimum atomic E-state index is -4.40. The van der Waals surface area contributed by atoms with E-state index in [2.05, 4.69) is 4.99 Å². The monoisotopic (exact) mass is 305 g/mol. The van der Waals surface area contributed by atoms with Crippen molar-refractivity contribution in [3.63, 3.8) is 0 Å². The summed E-state index contributed by atoms with van der Waals surface area (Å²) in [6, 6.07) is 4.13. The molecule has 108 valence electrons. The van der Waals surface area contributed by atoms with Crippen LogP contribution in [-0.2, 0) is 16.0 Å². The molecule has 0 aromatic heterocycles. The summed E-state index contributed by atoms with van der Waals surface area (Å²) in [5, 5.41) is 0.954. The summed E-state index contributed by atoms with van der Waals surface area (Å²) in [6.45, 7) is 1.24. The van der Waals surface area contributed by atoms with Gasteiger partial charge in [-0.25, -0.2) is 13.4 Å². The van der Waals surface area contributed by atoms with Crippen molar-refractivity contribution in [2.24, 2.45) is 4.99 Å². The summed E-state index contributed by atoms with van der Waals surface area (Å²) in [7, 11) is -3.45. The van der Waals surface area contributed by atoms with Crippen LogP contribution >= 0.6 is 0 Å². The van der Waals surface area contributed by atoms with Crippen molar-refractivity contribution in [2.45, 2.75) is 13.1 Å². The number of alkyl halides is 3. The molecule has 1 heterocycles.